The number of urea groups is 2. The summed E-state index contributed by atoms with van der Waals surface area (Å²) in [5, 5.41) is 5.80. The minimum Gasteiger partial charge on any atom is -0.336 e. The number of benzene rings is 1. The third-order valence-electron chi connectivity index (χ3n) is 4.75. The Morgan fingerprint density at radius 2 is 2.12 bits per heavy atom. The van der Waals surface area contributed by atoms with Crippen molar-refractivity contribution >= 4 is 23.4 Å². The van der Waals surface area contributed by atoms with E-state index < -0.39 is 0 Å². The van der Waals surface area contributed by atoms with Crippen molar-refractivity contribution in [3.05, 3.63) is 24.3 Å². The van der Waals surface area contributed by atoms with Crippen molar-refractivity contribution in [2.24, 2.45) is 5.41 Å². The van der Waals surface area contributed by atoms with E-state index in [0.29, 0.717) is 19.1 Å². The van der Waals surface area contributed by atoms with Gasteiger partial charge in [0.25, 0.3) is 0 Å². The van der Waals surface area contributed by atoms with Gasteiger partial charge >= 0.3 is 12.1 Å². The third-order valence-corrected chi connectivity index (χ3v) is 4.75. The van der Waals surface area contributed by atoms with Gasteiger partial charge in [-0.2, -0.15) is 0 Å². The van der Waals surface area contributed by atoms with Crippen LogP contribution in [0.25, 0.3) is 0 Å². The van der Waals surface area contributed by atoms with E-state index in [4.69, 9.17) is 0 Å². The van der Waals surface area contributed by atoms with Crippen LogP contribution >= 0.6 is 0 Å². The van der Waals surface area contributed by atoms with Gasteiger partial charge in [-0.1, -0.05) is 26.8 Å². The van der Waals surface area contributed by atoms with Gasteiger partial charge in [-0.15, -0.1) is 0 Å². The molecule has 0 bridgehead atoms. The van der Waals surface area contributed by atoms with Crippen molar-refractivity contribution in [3.63, 3.8) is 0 Å². The van der Waals surface area contributed by atoms with E-state index in [1.165, 1.54) is 0 Å². The van der Waals surface area contributed by atoms with Gasteiger partial charge in [0.2, 0.25) is 0 Å². The number of likely N-dealkylation sites (tertiary alicyclic amines) is 1. The molecule has 6 heteroatoms. The quantitative estimate of drug-likeness (QED) is 0.879. The number of anilines is 2. The van der Waals surface area contributed by atoms with Crippen molar-refractivity contribution in [1.82, 2.24) is 10.2 Å². The molecule has 1 aromatic carbocycles. The highest BCUT2D eigenvalue weighted by atomic mass is 16.2. The Hall–Kier alpha value is -2.24. The van der Waals surface area contributed by atoms with Crippen LogP contribution in [-0.2, 0) is 0 Å². The summed E-state index contributed by atoms with van der Waals surface area (Å²) in [4.78, 5) is 28.2. The average molecular weight is 344 g/mol. The number of nitrogens with zero attached hydrogens (tertiary/aromatic N) is 2. The molecule has 0 spiro atoms. The summed E-state index contributed by atoms with van der Waals surface area (Å²) in [5.41, 5.74) is 1.74. The van der Waals surface area contributed by atoms with E-state index in [9.17, 15) is 9.59 Å². The number of carbonyl (C=O) groups excluding carboxylic acids is 2. The van der Waals surface area contributed by atoms with E-state index in [-0.39, 0.29) is 17.5 Å². The molecule has 2 fully saturated rings. The second-order valence-electron chi connectivity index (χ2n) is 8.12. The van der Waals surface area contributed by atoms with Crippen LogP contribution in [0.3, 0.4) is 0 Å². The second-order valence-corrected chi connectivity index (χ2v) is 8.12. The SMILES string of the molecule is CC(C)(C)C[C@@H]1CCCN1C(=O)Nc1cccc(N2CCNC2=O)c1. The van der Waals surface area contributed by atoms with Gasteiger partial charge in [0, 0.05) is 37.1 Å². The van der Waals surface area contributed by atoms with Crippen LogP contribution in [0.1, 0.15) is 40.0 Å². The molecular formula is C19H28N4O2. The predicted octanol–water partition coefficient (Wildman–Crippen LogP) is 3.65. The molecule has 6 nitrogen and oxygen atoms in total. The first-order valence-electron chi connectivity index (χ1n) is 9.06. The van der Waals surface area contributed by atoms with Crippen molar-refractivity contribution in [2.75, 3.05) is 29.9 Å². The van der Waals surface area contributed by atoms with Gasteiger partial charge in [0.15, 0.2) is 0 Å². The summed E-state index contributed by atoms with van der Waals surface area (Å²) in [6.45, 7) is 8.75. The Morgan fingerprint density at radius 3 is 2.80 bits per heavy atom. The molecule has 0 aromatic heterocycles. The summed E-state index contributed by atoms with van der Waals surface area (Å²) in [6, 6.07) is 7.64. The molecule has 2 aliphatic rings. The van der Waals surface area contributed by atoms with E-state index in [2.05, 4.69) is 31.4 Å². The maximum absolute atomic E-state index is 12.7. The van der Waals surface area contributed by atoms with Crippen molar-refractivity contribution in [1.29, 1.82) is 0 Å². The van der Waals surface area contributed by atoms with Crippen LogP contribution in [0.4, 0.5) is 21.0 Å². The fourth-order valence-electron chi connectivity index (χ4n) is 3.69. The molecule has 2 aliphatic heterocycles. The highest BCUT2D eigenvalue weighted by Crippen LogP contribution is 2.30. The highest BCUT2D eigenvalue weighted by molar-refractivity contribution is 5.95. The van der Waals surface area contributed by atoms with Gasteiger partial charge in [0.05, 0.1) is 0 Å². The average Bonchev–Trinajstić information content (AvgIpc) is 3.14. The van der Waals surface area contributed by atoms with Crippen LogP contribution in [-0.4, -0.2) is 42.6 Å². The fourth-order valence-corrected chi connectivity index (χ4v) is 3.69. The standard InChI is InChI=1S/C19H28N4O2/c1-19(2,3)13-16-8-5-10-22(16)18(25)21-14-6-4-7-15(12-14)23-11-9-20-17(23)24/h4,6-7,12,16H,5,8-11,13H2,1-3H3,(H,20,24)(H,21,25)/t16-/m0/s1. The zero-order valence-electron chi connectivity index (χ0n) is 15.3. The maximum atomic E-state index is 12.7. The Labute approximate surface area is 149 Å². The summed E-state index contributed by atoms with van der Waals surface area (Å²) >= 11 is 0. The zero-order valence-corrected chi connectivity index (χ0v) is 15.3. The normalized spacial score (nSPS) is 20.8. The van der Waals surface area contributed by atoms with Crippen molar-refractivity contribution < 1.29 is 9.59 Å². The fraction of sp³-hybridized carbons (Fsp3) is 0.579. The molecule has 3 rings (SSSR count). The summed E-state index contributed by atoms with van der Waals surface area (Å²) in [6.07, 6.45) is 3.13. The van der Waals surface area contributed by atoms with Gasteiger partial charge in [0.1, 0.15) is 0 Å². The molecular weight excluding hydrogens is 316 g/mol. The van der Waals surface area contributed by atoms with E-state index >= 15 is 0 Å². The predicted molar refractivity (Wildman–Crippen MR) is 100 cm³/mol. The first-order chi connectivity index (χ1) is 11.8. The largest absolute Gasteiger partial charge is 0.336 e. The van der Waals surface area contributed by atoms with E-state index in [1.54, 1.807) is 4.90 Å². The molecule has 1 aromatic rings. The number of rotatable bonds is 3. The van der Waals surface area contributed by atoms with Crippen LogP contribution in [0.5, 0.6) is 0 Å². The monoisotopic (exact) mass is 344 g/mol. The highest BCUT2D eigenvalue weighted by Gasteiger charge is 2.32. The summed E-state index contributed by atoms with van der Waals surface area (Å²) < 4.78 is 0. The molecule has 2 saturated heterocycles. The van der Waals surface area contributed by atoms with Gasteiger partial charge < -0.3 is 15.5 Å². The maximum Gasteiger partial charge on any atom is 0.322 e. The number of amides is 4. The first-order valence-corrected chi connectivity index (χ1v) is 9.06. The molecule has 0 unspecified atom stereocenters. The molecule has 0 radical (unpaired) electrons. The number of hydrogen-bond donors (Lipinski definition) is 2. The molecule has 136 valence electrons. The molecule has 2 heterocycles. The Balaban J connectivity index is 1.67. The molecule has 0 saturated carbocycles. The Kier molecular flexibility index (Phi) is 4.88. The molecule has 25 heavy (non-hydrogen) atoms. The topological polar surface area (TPSA) is 64.7 Å². The summed E-state index contributed by atoms with van der Waals surface area (Å²) in [5.74, 6) is 0. The summed E-state index contributed by atoms with van der Waals surface area (Å²) in [7, 11) is 0. The number of nitrogens with one attached hydrogen (secondary N) is 2. The lowest BCUT2D eigenvalue weighted by Crippen LogP contribution is -2.40. The lowest BCUT2D eigenvalue weighted by molar-refractivity contribution is 0.187. The van der Waals surface area contributed by atoms with Crippen LogP contribution in [0.15, 0.2) is 24.3 Å². The van der Waals surface area contributed by atoms with E-state index in [0.717, 1.165) is 37.2 Å². The Morgan fingerprint density at radius 1 is 1.32 bits per heavy atom. The molecule has 4 amide bonds. The Bertz CT molecular complexity index is 653. The van der Waals surface area contributed by atoms with Gasteiger partial charge in [-0.3, -0.25) is 4.90 Å². The molecule has 0 aliphatic carbocycles. The van der Waals surface area contributed by atoms with Gasteiger partial charge in [-0.05, 0) is 42.9 Å². The number of carbonyl (C=O) groups is 2. The van der Waals surface area contributed by atoms with Crippen LogP contribution in [0.2, 0.25) is 0 Å². The van der Waals surface area contributed by atoms with Crippen molar-refractivity contribution in [3.8, 4) is 0 Å². The van der Waals surface area contributed by atoms with Crippen LogP contribution in [0, 0.1) is 5.41 Å². The van der Waals surface area contributed by atoms with Crippen molar-refractivity contribution in [2.45, 2.75) is 46.1 Å². The molecule has 2 N–H and O–H groups in total. The van der Waals surface area contributed by atoms with Crippen LogP contribution < -0.4 is 15.5 Å². The van der Waals surface area contributed by atoms with Gasteiger partial charge in [-0.25, -0.2) is 9.59 Å². The third kappa shape index (κ3) is 4.24. The minimum atomic E-state index is -0.0896. The zero-order chi connectivity index (χ0) is 18.0. The van der Waals surface area contributed by atoms with E-state index in [1.807, 2.05) is 29.2 Å². The minimum absolute atomic E-state index is 0.0465. The smallest absolute Gasteiger partial charge is 0.322 e. The lowest BCUT2D eigenvalue weighted by atomic mass is 9.87. The second kappa shape index (κ2) is 6.94. The molecule has 1 atom stereocenters. The number of hydrogen-bond acceptors (Lipinski definition) is 2. The lowest BCUT2D eigenvalue weighted by Gasteiger charge is -2.30. The first kappa shape index (κ1) is 17.6.